The van der Waals surface area contributed by atoms with E-state index in [9.17, 15) is 0 Å². The highest BCUT2D eigenvalue weighted by Gasteiger charge is 2.26. The van der Waals surface area contributed by atoms with Crippen LogP contribution in [0.4, 0.5) is 0 Å². The first-order chi connectivity index (χ1) is 9.08. The predicted molar refractivity (Wildman–Crippen MR) is 82.2 cm³/mol. The summed E-state index contributed by atoms with van der Waals surface area (Å²) in [7, 11) is 2.21. The van der Waals surface area contributed by atoms with Crippen molar-refractivity contribution >= 4 is 0 Å². The third-order valence-electron chi connectivity index (χ3n) is 4.14. The first kappa shape index (κ1) is 14.5. The van der Waals surface area contributed by atoms with E-state index in [1.165, 1.54) is 24.0 Å². The molecule has 0 aliphatic carbocycles. The van der Waals surface area contributed by atoms with E-state index in [2.05, 4.69) is 50.1 Å². The highest BCUT2D eigenvalue weighted by molar-refractivity contribution is 5.26. The average Bonchev–Trinajstić information content (AvgIpc) is 2.52. The van der Waals surface area contributed by atoms with Crippen LogP contribution >= 0.6 is 0 Å². The van der Waals surface area contributed by atoms with Gasteiger partial charge in [0, 0.05) is 12.1 Å². The van der Waals surface area contributed by atoms with Crippen molar-refractivity contribution in [2.45, 2.75) is 51.6 Å². The van der Waals surface area contributed by atoms with Gasteiger partial charge in [0.2, 0.25) is 0 Å². The fraction of sp³-hybridized carbons (Fsp3) is 0.647. The summed E-state index contributed by atoms with van der Waals surface area (Å²) in [6, 6.07) is 9.77. The number of hydrogen-bond acceptors (Lipinski definition) is 2. The van der Waals surface area contributed by atoms with Gasteiger partial charge in [0.1, 0.15) is 0 Å². The molecule has 19 heavy (non-hydrogen) atoms. The molecule has 0 saturated carbocycles. The second kappa shape index (κ2) is 6.53. The highest BCUT2D eigenvalue weighted by Crippen LogP contribution is 2.28. The highest BCUT2D eigenvalue weighted by atomic mass is 15.1. The minimum absolute atomic E-state index is 0.267. The lowest BCUT2D eigenvalue weighted by Gasteiger charge is -2.30. The molecule has 1 aliphatic heterocycles. The van der Waals surface area contributed by atoms with Crippen LogP contribution in [0.15, 0.2) is 24.3 Å². The van der Waals surface area contributed by atoms with Crippen molar-refractivity contribution in [3.63, 3.8) is 0 Å². The molecule has 1 fully saturated rings. The fourth-order valence-corrected chi connectivity index (χ4v) is 3.19. The van der Waals surface area contributed by atoms with Gasteiger partial charge in [-0.15, -0.1) is 0 Å². The Hall–Kier alpha value is -0.860. The molecule has 2 atom stereocenters. The Kier molecular flexibility index (Phi) is 5.00. The number of benzene rings is 1. The molecule has 1 aromatic carbocycles. The van der Waals surface area contributed by atoms with E-state index in [0.717, 1.165) is 19.4 Å². The number of nitrogens with zero attached hydrogens (tertiary/aromatic N) is 1. The van der Waals surface area contributed by atoms with E-state index in [-0.39, 0.29) is 6.04 Å². The van der Waals surface area contributed by atoms with Crippen LogP contribution in [0.25, 0.3) is 0 Å². The van der Waals surface area contributed by atoms with Crippen molar-refractivity contribution in [1.29, 1.82) is 0 Å². The molecular formula is C17H28N2. The van der Waals surface area contributed by atoms with Gasteiger partial charge in [-0.3, -0.25) is 4.90 Å². The molecule has 1 aliphatic rings. The van der Waals surface area contributed by atoms with Crippen LogP contribution < -0.4 is 5.73 Å². The molecule has 2 N–H and O–H groups in total. The molecule has 2 heteroatoms. The van der Waals surface area contributed by atoms with Crippen LogP contribution in [0.1, 0.15) is 50.3 Å². The maximum Gasteiger partial charge on any atom is 0.0496 e. The van der Waals surface area contributed by atoms with Crippen LogP contribution in [-0.4, -0.2) is 24.5 Å². The van der Waals surface area contributed by atoms with Crippen LogP contribution in [-0.2, 0) is 6.42 Å². The van der Waals surface area contributed by atoms with E-state index >= 15 is 0 Å². The summed E-state index contributed by atoms with van der Waals surface area (Å²) >= 11 is 0. The monoisotopic (exact) mass is 260 g/mol. The zero-order valence-corrected chi connectivity index (χ0v) is 12.6. The second-order valence-electron chi connectivity index (χ2n) is 6.42. The van der Waals surface area contributed by atoms with Gasteiger partial charge in [0.05, 0.1) is 0 Å². The summed E-state index contributed by atoms with van der Waals surface area (Å²) in [4.78, 5) is 2.43. The maximum atomic E-state index is 6.38. The molecule has 106 valence electrons. The number of rotatable bonds is 3. The minimum atomic E-state index is 0.267. The van der Waals surface area contributed by atoms with E-state index in [4.69, 9.17) is 5.73 Å². The van der Waals surface area contributed by atoms with Crippen molar-refractivity contribution in [3.05, 3.63) is 35.4 Å². The van der Waals surface area contributed by atoms with Gasteiger partial charge in [-0.1, -0.05) is 44.5 Å². The molecule has 0 spiro atoms. The van der Waals surface area contributed by atoms with E-state index in [1.807, 2.05) is 0 Å². The number of hydrogen-bond donors (Lipinski definition) is 1. The van der Waals surface area contributed by atoms with Crippen molar-refractivity contribution in [1.82, 2.24) is 4.90 Å². The molecule has 0 amide bonds. The van der Waals surface area contributed by atoms with Gasteiger partial charge in [0.25, 0.3) is 0 Å². The fourth-order valence-electron chi connectivity index (χ4n) is 3.19. The van der Waals surface area contributed by atoms with Gasteiger partial charge in [-0.2, -0.15) is 0 Å². The Bertz CT molecular complexity index is 371. The first-order valence-corrected chi connectivity index (χ1v) is 7.62. The average molecular weight is 260 g/mol. The third-order valence-corrected chi connectivity index (χ3v) is 4.14. The zero-order chi connectivity index (χ0) is 13.8. The van der Waals surface area contributed by atoms with Gasteiger partial charge >= 0.3 is 0 Å². The Balaban J connectivity index is 2.15. The van der Waals surface area contributed by atoms with Crippen LogP contribution in [0, 0.1) is 5.92 Å². The maximum absolute atomic E-state index is 6.38. The van der Waals surface area contributed by atoms with Crippen molar-refractivity contribution < 1.29 is 0 Å². The lowest BCUT2D eigenvalue weighted by atomic mass is 9.94. The standard InChI is InChI=1S/C17H28N2/c1-13(2)12-14-7-9-15(10-8-14)17-16(18)6-4-5-11-19(17)3/h7-10,13,16-17H,4-6,11-12,18H2,1-3H3. The number of nitrogens with two attached hydrogens (primary N) is 1. The summed E-state index contributed by atoms with van der Waals surface area (Å²) in [6.07, 6.45) is 4.83. The van der Waals surface area contributed by atoms with Gasteiger partial charge < -0.3 is 5.73 Å². The Morgan fingerprint density at radius 3 is 2.53 bits per heavy atom. The molecule has 2 rings (SSSR count). The lowest BCUT2D eigenvalue weighted by molar-refractivity contribution is 0.230. The molecule has 2 unspecified atom stereocenters. The van der Waals surface area contributed by atoms with E-state index in [1.54, 1.807) is 0 Å². The third kappa shape index (κ3) is 3.80. The number of likely N-dealkylation sites (N-methyl/N-ethyl adjacent to an activating group) is 1. The first-order valence-electron chi connectivity index (χ1n) is 7.62. The number of likely N-dealkylation sites (tertiary alicyclic amines) is 1. The summed E-state index contributed by atoms with van der Waals surface area (Å²) in [5.74, 6) is 0.716. The Morgan fingerprint density at radius 1 is 1.21 bits per heavy atom. The summed E-state index contributed by atoms with van der Waals surface area (Å²) in [5, 5.41) is 0. The van der Waals surface area contributed by atoms with Crippen molar-refractivity contribution in [2.75, 3.05) is 13.6 Å². The molecule has 1 heterocycles. The molecule has 0 radical (unpaired) electrons. The lowest BCUT2D eigenvalue weighted by Crippen LogP contribution is -2.37. The summed E-state index contributed by atoms with van der Waals surface area (Å²) in [5.41, 5.74) is 9.19. The minimum Gasteiger partial charge on any atom is -0.326 e. The van der Waals surface area contributed by atoms with E-state index in [0.29, 0.717) is 12.0 Å². The van der Waals surface area contributed by atoms with Crippen LogP contribution in [0.2, 0.25) is 0 Å². The van der Waals surface area contributed by atoms with Crippen LogP contribution in [0.5, 0.6) is 0 Å². The molecular weight excluding hydrogens is 232 g/mol. The molecule has 2 nitrogen and oxygen atoms in total. The van der Waals surface area contributed by atoms with Gasteiger partial charge in [-0.05, 0) is 49.9 Å². The molecule has 1 saturated heterocycles. The smallest absolute Gasteiger partial charge is 0.0496 e. The van der Waals surface area contributed by atoms with E-state index < -0.39 is 0 Å². The van der Waals surface area contributed by atoms with Gasteiger partial charge in [-0.25, -0.2) is 0 Å². The molecule has 0 bridgehead atoms. The Labute approximate surface area is 118 Å². The van der Waals surface area contributed by atoms with Gasteiger partial charge in [0.15, 0.2) is 0 Å². The summed E-state index contributed by atoms with van der Waals surface area (Å²) in [6.45, 7) is 5.69. The normalized spacial score (nSPS) is 25.5. The molecule has 1 aromatic rings. The predicted octanol–water partition coefficient (Wildman–Crippen LogP) is 3.37. The SMILES string of the molecule is CC(C)Cc1ccc(C2C(N)CCCCN2C)cc1. The molecule has 0 aromatic heterocycles. The zero-order valence-electron chi connectivity index (χ0n) is 12.6. The second-order valence-corrected chi connectivity index (χ2v) is 6.42. The largest absolute Gasteiger partial charge is 0.326 e. The van der Waals surface area contributed by atoms with Crippen LogP contribution in [0.3, 0.4) is 0 Å². The summed E-state index contributed by atoms with van der Waals surface area (Å²) < 4.78 is 0. The quantitative estimate of drug-likeness (QED) is 0.903. The topological polar surface area (TPSA) is 29.3 Å². The van der Waals surface area contributed by atoms with Crippen molar-refractivity contribution in [2.24, 2.45) is 11.7 Å². The Morgan fingerprint density at radius 2 is 1.89 bits per heavy atom. The van der Waals surface area contributed by atoms with Crippen molar-refractivity contribution in [3.8, 4) is 0 Å².